The van der Waals surface area contributed by atoms with Gasteiger partial charge < -0.3 is 5.32 Å². The third kappa shape index (κ3) is 5.89. The lowest BCUT2D eigenvalue weighted by atomic mass is 9.77. The zero-order valence-electron chi connectivity index (χ0n) is 21.1. The van der Waals surface area contributed by atoms with Gasteiger partial charge in [0.25, 0.3) is 11.3 Å². The minimum atomic E-state index is -2.36. The Balaban J connectivity index is 1.54. The van der Waals surface area contributed by atoms with Crippen molar-refractivity contribution < 1.29 is 13.6 Å². The van der Waals surface area contributed by atoms with Crippen molar-refractivity contribution in [3.63, 3.8) is 0 Å². The molecule has 192 valence electrons. The molecule has 2 atom stereocenters. The van der Waals surface area contributed by atoms with Crippen molar-refractivity contribution in [1.82, 2.24) is 10.2 Å². The summed E-state index contributed by atoms with van der Waals surface area (Å²) in [5, 5.41) is 5.36. The van der Waals surface area contributed by atoms with E-state index >= 15 is 0 Å². The highest BCUT2D eigenvalue weighted by molar-refractivity contribution is 7.80. The number of thiophene rings is 1. The van der Waals surface area contributed by atoms with Gasteiger partial charge in [0.2, 0.25) is 5.91 Å². The molecule has 1 aliphatic carbocycles. The van der Waals surface area contributed by atoms with Crippen LogP contribution < -0.4 is 9.62 Å². The number of nitrogens with zero attached hydrogens (tertiary/aromatic N) is 2. The van der Waals surface area contributed by atoms with E-state index in [0.717, 1.165) is 36.8 Å². The van der Waals surface area contributed by atoms with Gasteiger partial charge in [0.1, 0.15) is 6.04 Å². The normalized spacial score (nSPS) is 21.6. The number of carbonyl (C=O) groups excluding carboxylic acids is 1. The Bertz CT molecular complexity index is 1140. The van der Waals surface area contributed by atoms with Gasteiger partial charge in [-0.1, -0.05) is 54.1 Å². The zero-order valence-corrected chi connectivity index (χ0v) is 22.7. The Morgan fingerprint density at radius 1 is 1.08 bits per heavy atom. The second kappa shape index (κ2) is 11.7. The van der Waals surface area contributed by atoms with Crippen molar-refractivity contribution >= 4 is 34.2 Å². The number of hydrogen-bond donors (Lipinski definition) is 2. The molecule has 8 heteroatoms. The highest BCUT2D eigenvalue weighted by Crippen LogP contribution is 2.43. The molecule has 1 saturated carbocycles. The predicted molar refractivity (Wildman–Crippen MR) is 148 cm³/mol. The van der Waals surface area contributed by atoms with Crippen molar-refractivity contribution in [3.8, 4) is 0 Å². The van der Waals surface area contributed by atoms with Gasteiger partial charge in [0, 0.05) is 17.3 Å². The van der Waals surface area contributed by atoms with E-state index in [1.54, 1.807) is 23.5 Å². The topological polar surface area (TPSA) is 72.9 Å². The first-order chi connectivity index (χ1) is 17.3. The molecule has 1 aliphatic rings. The number of carbonyl (C=O) groups is 1. The summed E-state index contributed by atoms with van der Waals surface area (Å²) >= 11 is -0.577. The Kier molecular flexibility index (Phi) is 8.62. The molecule has 36 heavy (non-hydrogen) atoms. The molecule has 4 rings (SSSR count). The van der Waals surface area contributed by atoms with Gasteiger partial charge in [-0.25, -0.2) is 4.21 Å². The molecule has 1 amide bonds. The third-order valence-electron chi connectivity index (χ3n) is 7.31. The van der Waals surface area contributed by atoms with Gasteiger partial charge in [-0.2, -0.15) is 0 Å². The lowest BCUT2D eigenvalue weighted by molar-refractivity contribution is -0.123. The highest BCUT2D eigenvalue weighted by atomic mass is 32.2. The van der Waals surface area contributed by atoms with Gasteiger partial charge in [0.05, 0.1) is 11.2 Å². The van der Waals surface area contributed by atoms with Gasteiger partial charge in [0.15, 0.2) is 0 Å². The number of anilines is 1. The standard InChI is InChI=1S/C28H35N3O3S2/c1-21-11-13-24(14-12-21)31(36(33)34)25(20-22-8-5-4-6-9-22)27(32)29-23-15-17-28(18-16-23,30(2)3)26-10-7-19-35-26/h4-14,19,23,25H,15-18,20H2,1-3H3,(H,29,32)(H,33,34). The maximum Gasteiger partial charge on any atom is 0.262 e. The minimum absolute atomic E-state index is 0.0145. The fourth-order valence-corrected chi connectivity index (χ4v) is 6.94. The van der Waals surface area contributed by atoms with Crippen LogP contribution in [-0.2, 0) is 28.0 Å². The summed E-state index contributed by atoms with van der Waals surface area (Å²) in [5.74, 6) is -0.222. The smallest absolute Gasteiger partial charge is 0.262 e. The van der Waals surface area contributed by atoms with Crippen molar-refractivity contribution in [1.29, 1.82) is 0 Å². The number of benzene rings is 2. The summed E-state index contributed by atoms with van der Waals surface area (Å²) in [6.07, 6.45) is 3.93. The first kappa shape index (κ1) is 26.5. The van der Waals surface area contributed by atoms with E-state index in [1.165, 1.54) is 9.18 Å². The summed E-state index contributed by atoms with van der Waals surface area (Å²) in [5.41, 5.74) is 2.52. The summed E-state index contributed by atoms with van der Waals surface area (Å²) in [6, 6.07) is 20.5. The maximum atomic E-state index is 13.7. The Morgan fingerprint density at radius 3 is 2.31 bits per heavy atom. The molecule has 1 aromatic heterocycles. The molecule has 0 radical (unpaired) electrons. The molecule has 2 unspecified atom stereocenters. The van der Waals surface area contributed by atoms with Gasteiger partial charge in [-0.05, 0) is 75.8 Å². The summed E-state index contributed by atoms with van der Waals surface area (Å²) < 4.78 is 24.2. The summed E-state index contributed by atoms with van der Waals surface area (Å²) in [7, 11) is 4.26. The first-order valence-electron chi connectivity index (χ1n) is 12.3. The Hall–Kier alpha value is -2.52. The molecule has 0 saturated heterocycles. The molecule has 2 aromatic carbocycles. The number of rotatable bonds is 9. The van der Waals surface area contributed by atoms with E-state index in [-0.39, 0.29) is 17.5 Å². The molecule has 3 aromatic rings. The molecule has 0 aliphatic heterocycles. The largest absolute Gasteiger partial charge is 0.352 e. The molecule has 2 N–H and O–H groups in total. The fourth-order valence-electron chi connectivity index (χ4n) is 5.18. The molecule has 1 fully saturated rings. The van der Waals surface area contributed by atoms with Crippen molar-refractivity contribution in [2.75, 3.05) is 18.4 Å². The fraction of sp³-hybridized carbons (Fsp3) is 0.393. The van der Waals surface area contributed by atoms with Crippen molar-refractivity contribution in [2.45, 2.75) is 56.7 Å². The van der Waals surface area contributed by atoms with E-state index in [2.05, 4.69) is 41.8 Å². The van der Waals surface area contributed by atoms with Gasteiger partial charge in [-0.15, -0.1) is 11.3 Å². The van der Waals surface area contributed by atoms with Crippen LogP contribution in [-0.4, -0.2) is 45.7 Å². The van der Waals surface area contributed by atoms with Crippen molar-refractivity contribution in [2.24, 2.45) is 0 Å². The number of nitrogens with one attached hydrogen (secondary N) is 1. The molecule has 0 bridgehead atoms. The van der Waals surface area contributed by atoms with E-state index < -0.39 is 17.3 Å². The first-order valence-corrected chi connectivity index (χ1v) is 14.3. The maximum absolute atomic E-state index is 13.7. The number of amides is 1. The molecule has 0 spiro atoms. The van der Waals surface area contributed by atoms with Crippen LogP contribution in [0.2, 0.25) is 0 Å². The SMILES string of the molecule is Cc1ccc(N(C(Cc2ccccc2)C(=O)NC2CCC(c3cccs3)(N(C)C)CC2)S(=O)O)cc1. The van der Waals surface area contributed by atoms with Crippen LogP contribution in [0.5, 0.6) is 0 Å². The zero-order chi connectivity index (χ0) is 25.7. The van der Waals surface area contributed by atoms with Crippen LogP contribution >= 0.6 is 11.3 Å². The summed E-state index contributed by atoms with van der Waals surface area (Å²) in [6.45, 7) is 1.96. The third-order valence-corrected chi connectivity index (χ3v) is 9.17. The van der Waals surface area contributed by atoms with Crippen LogP contribution in [0.1, 0.15) is 41.7 Å². The lowest BCUT2D eigenvalue weighted by Gasteiger charge is -2.45. The average molecular weight is 526 g/mol. The van der Waals surface area contributed by atoms with Crippen molar-refractivity contribution in [3.05, 3.63) is 88.1 Å². The molecular weight excluding hydrogens is 490 g/mol. The van der Waals surface area contributed by atoms with Crippen LogP contribution in [0.15, 0.2) is 72.1 Å². The van der Waals surface area contributed by atoms with E-state index in [9.17, 15) is 13.6 Å². The quantitative estimate of drug-likeness (QED) is 0.380. The second-order valence-electron chi connectivity index (χ2n) is 9.78. The lowest BCUT2D eigenvalue weighted by Crippen LogP contribution is -2.54. The van der Waals surface area contributed by atoms with Crippen LogP contribution in [0, 0.1) is 6.92 Å². The minimum Gasteiger partial charge on any atom is -0.352 e. The highest BCUT2D eigenvalue weighted by Gasteiger charge is 2.41. The molecule has 1 heterocycles. The van der Waals surface area contributed by atoms with Crippen LogP contribution in [0.3, 0.4) is 0 Å². The average Bonchev–Trinajstić information content (AvgIpc) is 3.41. The van der Waals surface area contributed by atoms with Crippen LogP contribution in [0.25, 0.3) is 0 Å². The molecule has 6 nitrogen and oxygen atoms in total. The van der Waals surface area contributed by atoms with Crippen LogP contribution in [0.4, 0.5) is 5.69 Å². The van der Waals surface area contributed by atoms with Gasteiger partial charge >= 0.3 is 0 Å². The molecular formula is C28H35N3O3S2. The van der Waals surface area contributed by atoms with E-state index in [0.29, 0.717) is 12.1 Å². The Morgan fingerprint density at radius 2 is 1.75 bits per heavy atom. The van der Waals surface area contributed by atoms with E-state index in [1.807, 2.05) is 49.4 Å². The monoisotopic (exact) mass is 525 g/mol. The second-order valence-corrected chi connectivity index (χ2v) is 11.6. The summed E-state index contributed by atoms with van der Waals surface area (Å²) in [4.78, 5) is 17.4. The number of aryl methyl sites for hydroxylation is 1. The van der Waals surface area contributed by atoms with Gasteiger partial charge in [-0.3, -0.25) is 18.6 Å². The Labute approximate surface area is 220 Å². The number of hydrogen-bond acceptors (Lipinski definition) is 4. The predicted octanol–water partition coefficient (Wildman–Crippen LogP) is 5.13. The van der Waals surface area contributed by atoms with E-state index in [4.69, 9.17) is 0 Å².